The van der Waals surface area contributed by atoms with Crippen LogP contribution in [0, 0.1) is 11.3 Å². The first-order chi connectivity index (χ1) is 13.1. The summed E-state index contributed by atoms with van der Waals surface area (Å²) in [6.07, 6.45) is 3.55. The van der Waals surface area contributed by atoms with Crippen molar-refractivity contribution < 1.29 is 4.74 Å². The Morgan fingerprint density at radius 1 is 1.44 bits per heavy atom. The van der Waals surface area contributed by atoms with Crippen LogP contribution in [-0.2, 0) is 4.74 Å². The molecule has 2 aromatic rings. The number of methoxy groups -OCH3 is 1. The Hall–Kier alpha value is -2.92. The topological polar surface area (TPSA) is 87.3 Å². The third-order valence-electron chi connectivity index (χ3n) is 4.80. The Kier molecular flexibility index (Phi) is 6.04. The number of likely N-dealkylation sites (N-methyl/N-ethyl adjacent to an activating group) is 1. The van der Waals surface area contributed by atoms with E-state index in [0.717, 1.165) is 30.9 Å². The maximum atomic E-state index is 12.6. The van der Waals surface area contributed by atoms with E-state index in [1.807, 2.05) is 24.1 Å². The van der Waals surface area contributed by atoms with Crippen LogP contribution in [0.15, 0.2) is 35.3 Å². The van der Waals surface area contributed by atoms with Crippen molar-refractivity contribution in [2.75, 3.05) is 50.2 Å². The number of nitriles is 1. The zero-order chi connectivity index (χ0) is 19.2. The van der Waals surface area contributed by atoms with Crippen LogP contribution < -0.4 is 15.4 Å². The predicted octanol–water partition coefficient (Wildman–Crippen LogP) is 1.43. The zero-order valence-electron chi connectivity index (χ0n) is 15.7. The normalized spacial score (nSPS) is 16.8. The lowest BCUT2D eigenvalue weighted by Gasteiger charge is -2.34. The summed E-state index contributed by atoms with van der Waals surface area (Å²) < 4.78 is 6.64. The summed E-state index contributed by atoms with van der Waals surface area (Å²) in [6, 6.07) is 9.09. The quantitative estimate of drug-likeness (QED) is 0.762. The van der Waals surface area contributed by atoms with E-state index in [2.05, 4.69) is 21.1 Å². The molecule has 0 radical (unpaired) electrons. The van der Waals surface area contributed by atoms with E-state index in [4.69, 9.17) is 10.00 Å². The van der Waals surface area contributed by atoms with Crippen molar-refractivity contribution >= 4 is 11.5 Å². The van der Waals surface area contributed by atoms with E-state index in [1.54, 1.807) is 30.1 Å². The SMILES string of the molecule is COCCN(C)c1cnn([C@@H]2CCCN(c3cccc(C#N)n3)C2)c(=O)c1. The van der Waals surface area contributed by atoms with Crippen LogP contribution in [0.25, 0.3) is 0 Å². The maximum Gasteiger partial charge on any atom is 0.269 e. The van der Waals surface area contributed by atoms with Crippen molar-refractivity contribution in [3.63, 3.8) is 0 Å². The molecule has 0 unspecified atom stereocenters. The average molecular weight is 368 g/mol. The minimum atomic E-state index is -0.109. The largest absolute Gasteiger partial charge is 0.383 e. The zero-order valence-corrected chi connectivity index (χ0v) is 15.7. The Morgan fingerprint density at radius 2 is 2.30 bits per heavy atom. The van der Waals surface area contributed by atoms with Crippen molar-refractivity contribution in [1.82, 2.24) is 14.8 Å². The highest BCUT2D eigenvalue weighted by Crippen LogP contribution is 2.24. The van der Waals surface area contributed by atoms with Crippen LogP contribution in [0.4, 0.5) is 11.5 Å². The summed E-state index contributed by atoms with van der Waals surface area (Å²) in [5.41, 5.74) is 1.07. The molecular weight excluding hydrogens is 344 g/mol. The first-order valence-corrected chi connectivity index (χ1v) is 9.03. The molecule has 0 spiro atoms. The Bertz CT molecular complexity index is 875. The van der Waals surface area contributed by atoms with Gasteiger partial charge in [0.25, 0.3) is 5.56 Å². The molecule has 1 fully saturated rings. The second-order valence-corrected chi connectivity index (χ2v) is 6.65. The van der Waals surface area contributed by atoms with Crippen molar-refractivity contribution in [3.8, 4) is 6.07 Å². The number of rotatable bonds is 6. The van der Waals surface area contributed by atoms with Gasteiger partial charge in [-0.2, -0.15) is 10.4 Å². The van der Waals surface area contributed by atoms with Gasteiger partial charge in [0, 0.05) is 39.9 Å². The van der Waals surface area contributed by atoms with E-state index in [1.165, 1.54) is 0 Å². The fourth-order valence-electron chi connectivity index (χ4n) is 3.27. The van der Waals surface area contributed by atoms with Crippen LogP contribution in [0.2, 0.25) is 0 Å². The molecule has 0 saturated carbocycles. The van der Waals surface area contributed by atoms with Gasteiger partial charge in [0.1, 0.15) is 17.6 Å². The number of hydrogen-bond acceptors (Lipinski definition) is 7. The third kappa shape index (κ3) is 4.44. The summed E-state index contributed by atoms with van der Waals surface area (Å²) in [5.74, 6) is 0.766. The first kappa shape index (κ1) is 18.9. The van der Waals surface area contributed by atoms with Crippen molar-refractivity contribution in [3.05, 3.63) is 46.5 Å². The molecule has 0 amide bonds. The summed E-state index contributed by atoms with van der Waals surface area (Å²) in [5, 5.41) is 13.5. The fourth-order valence-corrected chi connectivity index (χ4v) is 3.27. The van der Waals surface area contributed by atoms with Gasteiger partial charge in [0.05, 0.1) is 24.5 Å². The monoisotopic (exact) mass is 368 g/mol. The highest BCUT2D eigenvalue weighted by Gasteiger charge is 2.24. The van der Waals surface area contributed by atoms with Gasteiger partial charge in [-0.25, -0.2) is 9.67 Å². The second kappa shape index (κ2) is 8.64. The van der Waals surface area contributed by atoms with Gasteiger partial charge < -0.3 is 14.5 Å². The van der Waals surface area contributed by atoms with Crippen molar-refractivity contribution in [2.24, 2.45) is 0 Å². The van der Waals surface area contributed by atoms with Crippen LogP contribution in [0.1, 0.15) is 24.6 Å². The van der Waals surface area contributed by atoms with Crippen LogP contribution >= 0.6 is 0 Å². The summed E-state index contributed by atoms with van der Waals surface area (Å²) in [6.45, 7) is 2.78. The van der Waals surface area contributed by atoms with Crippen molar-refractivity contribution in [1.29, 1.82) is 5.26 Å². The Labute approximate surface area is 158 Å². The molecule has 0 bridgehead atoms. The molecule has 27 heavy (non-hydrogen) atoms. The van der Waals surface area contributed by atoms with Gasteiger partial charge in [0.2, 0.25) is 0 Å². The highest BCUT2D eigenvalue weighted by atomic mass is 16.5. The van der Waals surface area contributed by atoms with Gasteiger partial charge in [-0.3, -0.25) is 4.79 Å². The van der Waals surface area contributed by atoms with Crippen LogP contribution in [0.5, 0.6) is 0 Å². The highest BCUT2D eigenvalue weighted by molar-refractivity contribution is 5.43. The van der Waals surface area contributed by atoms with Gasteiger partial charge >= 0.3 is 0 Å². The number of anilines is 2. The predicted molar refractivity (Wildman–Crippen MR) is 103 cm³/mol. The van der Waals surface area contributed by atoms with Gasteiger partial charge in [0.15, 0.2) is 0 Å². The number of hydrogen-bond donors (Lipinski definition) is 0. The standard InChI is InChI=1S/C19H24N6O2/c1-23(9-10-27-2)17-11-19(26)25(21-13-17)16-6-4-8-24(14-16)18-7-3-5-15(12-20)22-18/h3,5,7,11,13,16H,4,6,8-10,14H2,1-2H3/t16-/m1/s1. The molecule has 3 rings (SSSR count). The minimum absolute atomic E-state index is 0.0166. The van der Waals surface area contributed by atoms with E-state index < -0.39 is 0 Å². The van der Waals surface area contributed by atoms with Gasteiger partial charge in [-0.15, -0.1) is 0 Å². The lowest BCUT2D eigenvalue weighted by molar-refractivity contribution is 0.206. The third-order valence-corrected chi connectivity index (χ3v) is 4.80. The fraction of sp³-hybridized carbons (Fsp3) is 0.474. The van der Waals surface area contributed by atoms with E-state index >= 15 is 0 Å². The molecular formula is C19H24N6O2. The molecule has 1 atom stereocenters. The van der Waals surface area contributed by atoms with E-state index in [9.17, 15) is 4.79 Å². The summed E-state index contributed by atoms with van der Waals surface area (Å²) in [7, 11) is 3.57. The molecule has 1 saturated heterocycles. The molecule has 3 heterocycles. The van der Waals surface area contributed by atoms with Gasteiger partial charge in [-0.05, 0) is 25.0 Å². The van der Waals surface area contributed by atoms with Crippen LogP contribution in [0.3, 0.4) is 0 Å². The lowest BCUT2D eigenvalue weighted by Crippen LogP contribution is -2.41. The molecule has 2 aromatic heterocycles. The molecule has 1 aliphatic rings. The van der Waals surface area contributed by atoms with Crippen molar-refractivity contribution in [2.45, 2.75) is 18.9 Å². The summed E-state index contributed by atoms with van der Waals surface area (Å²) >= 11 is 0. The lowest BCUT2D eigenvalue weighted by atomic mass is 10.1. The molecule has 0 N–H and O–H groups in total. The first-order valence-electron chi connectivity index (χ1n) is 9.03. The molecule has 8 nitrogen and oxygen atoms in total. The minimum Gasteiger partial charge on any atom is -0.383 e. The molecule has 0 aliphatic carbocycles. The van der Waals surface area contributed by atoms with E-state index in [-0.39, 0.29) is 11.6 Å². The Balaban J connectivity index is 1.76. The Morgan fingerprint density at radius 3 is 3.04 bits per heavy atom. The molecule has 8 heteroatoms. The van der Waals surface area contributed by atoms with Gasteiger partial charge in [-0.1, -0.05) is 6.07 Å². The number of nitrogens with zero attached hydrogens (tertiary/aromatic N) is 6. The molecule has 1 aliphatic heterocycles. The number of piperidine rings is 1. The molecule has 142 valence electrons. The second-order valence-electron chi connectivity index (χ2n) is 6.65. The number of ether oxygens (including phenoxy) is 1. The van der Waals surface area contributed by atoms with E-state index in [0.29, 0.717) is 25.4 Å². The smallest absolute Gasteiger partial charge is 0.269 e. The number of pyridine rings is 1. The maximum absolute atomic E-state index is 12.6. The average Bonchev–Trinajstić information content (AvgIpc) is 2.72. The number of aromatic nitrogens is 3. The summed E-state index contributed by atoms with van der Waals surface area (Å²) in [4.78, 5) is 21.1. The molecule has 0 aromatic carbocycles. The van der Waals surface area contributed by atoms with Crippen LogP contribution in [-0.4, -0.2) is 55.2 Å².